The predicted octanol–water partition coefficient (Wildman–Crippen LogP) is 3.31. The average molecular weight is 267 g/mol. The fraction of sp³-hybridized carbons (Fsp3) is 0.308. The van der Waals surface area contributed by atoms with Crippen LogP contribution in [0.4, 0.5) is 19.1 Å². The van der Waals surface area contributed by atoms with Crippen LogP contribution in [0.1, 0.15) is 23.6 Å². The van der Waals surface area contributed by atoms with Gasteiger partial charge >= 0.3 is 6.18 Å². The van der Waals surface area contributed by atoms with Crippen molar-refractivity contribution in [3.8, 4) is 0 Å². The summed E-state index contributed by atoms with van der Waals surface area (Å²) in [5.74, 6) is 0.702. The van der Waals surface area contributed by atoms with Gasteiger partial charge in [0.25, 0.3) is 0 Å². The standard InChI is InChI=1S/C13H12F3N3/c14-13(15,16)10-3-1-2-9(8-10)11-4-5-17-12-18-6-7-19(11)12/h1-3,6-8,11H,4-5H2,(H,17,18). The van der Waals surface area contributed by atoms with Crippen molar-refractivity contribution < 1.29 is 13.2 Å². The Morgan fingerprint density at radius 2 is 2.16 bits per heavy atom. The molecule has 0 saturated heterocycles. The zero-order valence-corrected chi connectivity index (χ0v) is 9.98. The van der Waals surface area contributed by atoms with E-state index in [2.05, 4.69) is 10.3 Å². The zero-order valence-electron chi connectivity index (χ0n) is 9.98. The Bertz CT molecular complexity index is 589. The summed E-state index contributed by atoms with van der Waals surface area (Å²) in [6, 6.07) is 5.41. The molecule has 2 heterocycles. The Kier molecular flexibility index (Phi) is 2.73. The Balaban J connectivity index is 2.01. The van der Waals surface area contributed by atoms with E-state index < -0.39 is 11.7 Å². The predicted molar refractivity (Wildman–Crippen MR) is 64.9 cm³/mol. The summed E-state index contributed by atoms with van der Waals surface area (Å²) in [5.41, 5.74) is 0.0563. The molecule has 1 atom stereocenters. The topological polar surface area (TPSA) is 29.9 Å². The smallest absolute Gasteiger partial charge is 0.356 e. The molecule has 1 unspecified atom stereocenters. The molecule has 1 aromatic heterocycles. The van der Waals surface area contributed by atoms with Gasteiger partial charge in [-0.25, -0.2) is 4.98 Å². The highest BCUT2D eigenvalue weighted by Gasteiger charge is 2.31. The van der Waals surface area contributed by atoms with Crippen LogP contribution < -0.4 is 5.32 Å². The van der Waals surface area contributed by atoms with Crippen LogP contribution in [0.25, 0.3) is 0 Å². The van der Waals surface area contributed by atoms with Gasteiger partial charge in [0.1, 0.15) is 0 Å². The molecule has 3 nitrogen and oxygen atoms in total. The van der Waals surface area contributed by atoms with Gasteiger partial charge in [-0.1, -0.05) is 12.1 Å². The lowest BCUT2D eigenvalue weighted by atomic mass is 10.00. The van der Waals surface area contributed by atoms with E-state index in [1.165, 1.54) is 12.1 Å². The van der Waals surface area contributed by atoms with Gasteiger partial charge in [-0.05, 0) is 24.1 Å². The SMILES string of the molecule is FC(F)(F)c1cccc(C2CCNc3nccn32)c1. The summed E-state index contributed by atoms with van der Waals surface area (Å²) in [7, 11) is 0. The highest BCUT2D eigenvalue weighted by molar-refractivity contribution is 5.35. The van der Waals surface area contributed by atoms with Gasteiger partial charge in [0.15, 0.2) is 0 Å². The molecule has 0 bridgehead atoms. The lowest BCUT2D eigenvalue weighted by Crippen LogP contribution is -2.23. The highest BCUT2D eigenvalue weighted by Crippen LogP contribution is 2.34. The van der Waals surface area contributed by atoms with Crippen molar-refractivity contribution in [3.63, 3.8) is 0 Å². The number of rotatable bonds is 1. The number of hydrogen-bond donors (Lipinski definition) is 1. The molecule has 0 fully saturated rings. The van der Waals surface area contributed by atoms with Crippen molar-refractivity contribution in [2.45, 2.75) is 18.6 Å². The first kappa shape index (κ1) is 12.1. The van der Waals surface area contributed by atoms with Crippen LogP contribution in [-0.2, 0) is 6.18 Å². The maximum absolute atomic E-state index is 12.7. The summed E-state index contributed by atoms with van der Waals surface area (Å²) in [4.78, 5) is 4.13. The van der Waals surface area contributed by atoms with Crippen molar-refractivity contribution in [2.24, 2.45) is 0 Å². The maximum Gasteiger partial charge on any atom is 0.416 e. The Labute approximate surface area is 108 Å². The van der Waals surface area contributed by atoms with Crippen LogP contribution in [0, 0.1) is 0 Å². The van der Waals surface area contributed by atoms with Gasteiger partial charge < -0.3 is 9.88 Å². The van der Waals surface area contributed by atoms with Crippen molar-refractivity contribution in [1.82, 2.24) is 9.55 Å². The fourth-order valence-electron chi connectivity index (χ4n) is 2.41. The minimum absolute atomic E-state index is 0.0963. The van der Waals surface area contributed by atoms with Crippen molar-refractivity contribution >= 4 is 5.95 Å². The van der Waals surface area contributed by atoms with E-state index in [-0.39, 0.29) is 6.04 Å². The second-order valence-corrected chi connectivity index (χ2v) is 4.51. The molecule has 2 aromatic rings. The van der Waals surface area contributed by atoms with Gasteiger partial charge in [-0.2, -0.15) is 13.2 Å². The van der Waals surface area contributed by atoms with Crippen molar-refractivity contribution in [3.05, 3.63) is 47.8 Å². The quantitative estimate of drug-likeness (QED) is 0.859. The maximum atomic E-state index is 12.7. The number of anilines is 1. The first-order valence-electron chi connectivity index (χ1n) is 5.99. The highest BCUT2D eigenvalue weighted by atomic mass is 19.4. The molecule has 0 radical (unpaired) electrons. The van der Waals surface area contributed by atoms with Gasteiger partial charge in [0.05, 0.1) is 11.6 Å². The van der Waals surface area contributed by atoms with Crippen LogP contribution >= 0.6 is 0 Å². The molecule has 0 amide bonds. The summed E-state index contributed by atoms with van der Waals surface area (Å²) < 4.78 is 40.1. The number of benzene rings is 1. The molecule has 1 aliphatic heterocycles. The number of aromatic nitrogens is 2. The Morgan fingerprint density at radius 1 is 1.32 bits per heavy atom. The summed E-state index contributed by atoms with van der Waals surface area (Å²) in [6.45, 7) is 0.706. The van der Waals surface area contributed by atoms with Crippen LogP contribution in [0.3, 0.4) is 0 Å². The third kappa shape index (κ3) is 2.18. The number of hydrogen-bond acceptors (Lipinski definition) is 2. The second kappa shape index (κ2) is 4.29. The lowest BCUT2D eigenvalue weighted by Gasteiger charge is -2.26. The van der Waals surface area contributed by atoms with Crippen LogP contribution in [0.2, 0.25) is 0 Å². The zero-order chi connectivity index (χ0) is 13.5. The molecule has 100 valence electrons. The molecule has 3 rings (SSSR count). The minimum atomic E-state index is -4.30. The van der Waals surface area contributed by atoms with E-state index in [4.69, 9.17) is 0 Å². The molecule has 0 spiro atoms. The van der Waals surface area contributed by atoms with Gasteiger partial charge in [0, 0.05) is 18.9 Å². The lowest BCUT2D eigenvalue weighted by molar-refractivity contribution is -0.137. The number of imidazole rings is 1. The Hall–Kier alpha value is -1.98. The van der Waals surface area contributed by atoms with Gasteiger partial charge in [-0.15, -0.1) is 0 Å². The van der Waals surface area contributed by atoms with Crippen molar-refractivity contribution in [1.29, 1.82) is 0 Å². The van der Waals surface area contributed by atoms with Crippen LogP contribution in [-0.4, -0.2) is 16.1 Å². The number of alkyl halides is 3. The van der Waals surface area contributed by atoms with E-state index in [0.717, 1.165) is 12.5 Å². The molecule has 19 heavy (non-hydrogen) atoms. The van der Waals surface area contributed by atoms with Gasteiger partial charge in [0.2, 0.25) is 5.95 Å². The molecular formula is C13H12F3N3. The van der Waals surface area contributed by atoms with Crippen molar-refractivity contribution in [2.75, 3.05) is 11.9 Å². The molecule has 1 aromatic carbocycles. The van der Waals surface area contributed by atoms with Gasteiger partial charge in [-0.3, -0.25) is 0 Å². The summed E-state index contributed by atoms with van der Waals surface area (Å²) >= 11 is 0. The monoisotopic (exact) mass is 267 g/mol. The molecule has 0 aliphatic carbocycles. The van der Waals surface area contributed by atoms with Crippen LogP contribution in [0.5, 0.6) is 0 Å². The first-order chi connectivity index (χ1) is 9.05. The summed E-state index contributed by atoms with van der Waals surface area (Å²) in [6.07, 6.45) is -0.133. The van der Waals surface area contributed by atoms with E-state index >= 15 is 0 Å². The number of nitrogens with one attached hydrogen (secondary N) is 1. The number of halogens is 3. The molecule has 0 saturated carbocycles. The van der Waals surface area contributed by atoms with E-state index in [9.17, 15) is 13.2 Å². The molecular weight excluding hydrogens is 255 g/mol. The van der Waals surface area contributed by atoms with Crippen LogP contribution in [0.15, 0.2) is 36.7 Å². The second-order valence-electron chi connectivity index (χ2n) is 4.51. The fourth-order valence-corrected chi connectivity index (χ4v) is 2.41. The number of fused-ring (bicyclic) bond motifs is 1. The molecule has 1 aliphatic rings. The van der Waals surface area contributed by atoms with E-state index in [1.54, 1.807) is 18.5 Å². The molecule has 1 N–H and O–H groups in total. The van der Waals surface area contributed by atoms with E-state index in [0.29, 0.717) is 18.1 Å². The third-order valence-corrected chi connectivity index (χ3v) is 3.30. The largest absolute Gasteiger partial charge is 0.416 e. The van der Waals surface area contributed by atoms with E-state index in [1.807, 2.05) is 4.57 Å². The average Bonchev–Trinajstić information content (AvgIpc) is 2.86. The summed E-state index contributed by atoms with van der Waals surface area (Å²) in [5, 5.41) is 3.12. The molecule has 6 heteroatoms. The normalized spacial score (nSPS) is 18.8. The third-order valence-electron chi connectivity index (χ3n) is 3.30. The first-order valence-corrected chi connectivity index (χ1v) is 5.99. The Morgan fingerprint density at radius 3 is 2.95 bits per heavy atom. The number of nitrogens with zero attached hydrogens (tertiary/aromatic N) is 2. The minimum Gasteiger partial charge on any atom is -0.356 e.